The van der Waals surface area contributed by atoms with Crippen molar-refractivity contribution in [3.05, 3.63) is 132 Å². The molecule has 8 nitrogen and oxygen atoms in total. The van der Waals surface area contributed by atoms with Crippen LogP contribution in [-0.2, 0) is 11.3 Å². The number of ketones is 1. The Hall–Kier alpha value is -5.12. The summed E-state index contributed by atoms with van der Waals surface area (Å²) in [6.07, 6.45) is 3.20. The van der Waals surface area contributed by atoms with Crippen molar-refractivity contribution in [3.8, 4) is 10.4 Å². The van der Waals surface area contributed by atoms with Crippen molar-refractivity contribution in [2.45, 2.75) is 12.6 Å². The molecule has 0 aliphatic heterocycles. The lowest BCUT2D eigenvalue weighted by Gasteiger charge is -2.19. The zero-order valence-electron chi connectivity index (χ0n) is 23.4. The molecule has 2 N–H and O–H groups in total. The second-order valence-corrected chi connectivity index (χ2v) is 11.0. The van der Waals surface area contributed by atoms with Crippen LogP contribution in [0.25, 0.3) is 21.5 Å². The standard InChI is InChI=1S/C34H29N5O3S/c1-42-30(24-10-6-3-7-11-24)22-39-28-13-12-26(36-21-29(40)23-8-4-2-5-9-23)20-27(28)37-34(39)38-33(41)32-15-14-31(43-32)25-16-18-35-19-17-25/h2-20,30,36H,21-22H2,1H3,(H,37,38,41)/t30-/m0/s1. The molecular weight excluding hydrogens is 558 g/mol. The van der Waals surface area contributed by atoms with E-state index in [0.717, 1.165) is 27.2 Å². The number of anilines is 2. The van der Waals surface area contributed by atoms with Gasteiger partial charge in [-0.1, -0.05) is 60.7 Å². The first-order valence-electron chi connectivity index (χ1n) is 13.8. The van der Waals surface area contributed by atoms with Gasteiger partial charge in [0.15, 0.2) is 5.78 Å². The number of amides is 1. The molecule has 6 aromatic rings. The van der Waals surface area contributed by atoms with Crippen LogP contribution < -0.4 is 10.6 Å². The number of nitrogens with zero attached hydrogens (tertiary/aromatic N) is 3. The van der Waals surface area contributed by atoms with Gasteiger partial charge in [0.25, 0.3) is 5.91 Å². The molecule has 0 fully saturated rings. The molecule has 9 heteroatoms. The molecule has 0 saturated carbocycles. The van der Waals surface area contributed by atoms with Crippen LogP contribution in [0.1, 0.15) is 31.7 Å². The second kappa shape index (κ2) is 12.8. The number of carbonyl (C=O) groups excluding carboxylic acids is 2. The summed E-state index contributed by atoms with van der Waals surface area (Å²) in [7, 11) is 1.67. The van der Waals surface area contributed by atoms with Gasteiger partial charge >= 0.3 is 0 Å². The quantitative estimate of drug-likeness (QED) is 0.157. The molecule has 1 amide bonds. The predicted molar refractivity (Wildman–Crippen MR) is 171 cm³/mol. The first kappa shape index (κ1) is 28.0. The van der Waals surface area contributed by atoms with Gasteiger partial charge in [0.1, 0.15) is 6.10 Å². The molecule has 3 heterocycles. The van der Waals surface area contributed by atoms with Gasteiger partial charge in [-0.05, 0) is 53.6 Å². The minimum absolute atomic E-state index is 0.00735. The van der Waals surface area contributed by atoms with E-state index in [-0.39, 0.29) is 24.3 Å². The summed E-state index contributed by atoms with van der Waals surface area (Å²) >= 11 is 1.41. The average Bonchev–Trinajstić information content (AvgIpc) is 3.69. The predicted octanol–water partition coefficient (Wildman–Crippen LogP) is 7.09. The lowest BCUT2D eigenvalue weighted by Crippen LogP contribution is -2.18. The van der Waals surface area contributed by atoms with Crippen molar-refractivity contribution in [3.63, 3.8) is 0 Å². The molecule has 3 aromatic heterocycles. The maximum atomic E-state index is 13.4. The molecule has 0 aliphatic rings. The minimum Gasteiger partial charge on any atom is -0.378 e. The molecule has 0 saturated heterocycles. The monoisotopic (exact) mass is 587 g/mol. The molecular formula is C34H29N5O3S. The Kier molecular flexibility index (Phi) is 8.35. The van der Waals surface area contributed by atoms with E-state index < -0.39 is 0 Å². The maximum Gasteiger partial charge on any atom is 0.268 e. The molecule has 0 spiro atoms. The van der Waals surface area contributed by atoms with Gasteiger partial charge in [0, 0.05) is 35.6 Å². The van der Waals surface area contributed by atoms with E-state index in [0.29, 0.717) is 28.5 Å². The van der Waals surface area contributed by atoms with E-state index in [1.165, 1.54) is 11.3 Å². The van der Waals surface area contributed by atoms with Crippen molar-refractivity contribution in [2.24, 2.45) is 0 Å². The summed E-state index contributed by atoms with van der Waals surface area (Å²) in [5.74, 6) is 0.156. The van der Waals surface area contributed by atoms with E-state index in [1.54, 1.807) is 31.6 Å². The lowest BCUT2D eigenvalue weighted by molar-refractivity contribution is 0.0890. The molecule has 0 aliphatic carbocycles. The minimum atomic E-state index is -0.268. The highest BCUT2D eigenvalue weighted by atomic mass is 32.1. The van der Waals surface area contributed by atoms with Crippen molar-refractivity contribution >= 4 is 45.7 Å². The van der Waals surface area contributed by atoms with Crippen LogP contribution in [0.2, 0.25) is 0 Å². The Morgan fingerprint density at radius 1 is 0.907 bits per heavy atom. The molecule has 0 unspecified atom stereocenters. The van der Waals surface area contributed by atoms with E-state index in [1.807, 2.05) is 95.6 Å². The van der Waals surface area contributed by atoms with Crippen LogP contribution in [0.5, 0.6) is 0 Å². The number of Topliss-reactive ketones (excluding diaryl/α,β-unsaturated/α-hetero) is 1. The summed E-state index contributed by atoms with van der Waals surface area (Å²) in [5.41, 5.74) is 4.93. The van der Waals surface area contributed by atoms with Crippen LogP contribution in [0.15, 0.2) is 116 Å². The average molecular weight is 588 g/mol. The molecule has 214 valence electrons. The highest BCUT2D eigenvalue weighted by molar-refractivity contribution is 7.17. The smallest absolute Gasteiger partial charge is 0.268 e. The Bertz CT molecular complexity index is 1850. The van der Waals surface area contributed by atoms with Crippen molar-refractivity contribution < 1.29 is 14.3 Å². The Labute approximate surface area is 253 Å². The summed E-state index contributed by atoms with van der Waals surface area (Å²) in [6, 6.07) is 32.5. The topological polar surface area (TPSA) is 98.1 Å². The van der Waals surface area contributed by atoms with Gasteiger partial charge in [-0.2, -0.15) is 0 Å². The Morgan fingerprint density at radius 3 is 2.40 bits per heavy atom. The number of aromatic nitrogens is 3. The normalized spacial score (nSPS) is 11.7. The number of hydrogen-bond acceptors (Lipinski definition) is 7. The Morgan fingerprint density at radius 2 is 1.65 bits per heavy atom. The lowest BCUT2D eigenvalue weighted by atomic mass is 10.1. The fraction of sp³-hybridized carbons (Fsp3) is 0.118. The van der Waals surface area contributed by atoms with Gasteiger partial charge in [0.2, 0.25) is 5.95 Å². The summed E-state index contributed by atoms with van der Waals surface area (Å²) < 4.78 is 7.84. The number of ether oxygens (including phenoxy) is 1. The van der Waals surface area contributed by atoms with E-state index >= 15 is 0 Å². The van der Waals surface area contributed by atoms with Gasteiger partial charge in [-0.3, -0.25) is 19.9 Å². The third kappa shape index (κ3) is 6.38. The molecule has 1 atom stereocenters. The number of hydrogen-bond donors (Lipinski definition) is 2. The van der Waals surface area contributed by atoms with E-state index in [2.05, 4.69) is 15.6 Å². The van der Waals surface area contributed by atoms with Gasteiger partial charge in [-0.15, -0.1) is 11.3 Å². The number of benzene rings is 3. The highest BCUT2D eigenvalue weighted by Gasteiger charge is 2.20. The molecule has 0 radical (unpaired) electrons. The second-order valence-electron chi connectivity index (χ2n) is 9.88. The number of rotatable bonds is 11. The zero-order chi connectivity index (χ0) is 29.6. The van der Waals surface area contributed by atoms with E-state index in [9.17, 15) is 9.59 Å². The van der Waals surface area contributed by atoms with Crippen molar-refractivity contribution in [1.82, 2.24) is 14.5 Å². The Balaban J connectivity index is 1.29. The third-order valence-electron chi connectivity index (χ3n) is 7.12. The van der Waals surface area contributed by atoms with Crippen LogP contribution >= 0.6 is 11.3 Å². The molecule has 6 rings (SSSR count). The van der Waals surface area contributed by atoms with E-state index in [4.69, 9.17) is 9.72 Å². The number of carbonyl (C=O) groups is 2. The molecule has 43 heavy (non-hydrogen) atoms. The number of imidazole rings is 1. The summed E-state index contributed by atoms with van der Waals surface area (Å²) in [4.78, 5) is 36.5. The highest BCUT2D eigenvalue weighted by Crippen LogP contribution is 2.30. The van der Waals surface area contributed by atoms with Crippen LogP contribution in [0, 0.1) is 0 Å². The number of methoxy groups -OCH3 is 1. The van der Waals surface area contributed by atoms with Crippen LogP contribution in [0.3, 0.4) is 0 Å². The third-order valence-corrected chi connectivity index (χ3v) is 8.25. The van der Waals surface area contributed by atoms with Crippen molar-refractivity contribution in [2.75, 3.05) is 24.3 Å². The SMILES string of the molecule is CO[C@@H](Cn1c(NC(=O)c2ccc(-c3ccncc3)s2)nc2cc(NCC(=O)c3ccccc3)ccc21)c1ccccc1. The molecule has 3 aromatic carbocycles. The van der Waals surface area contributed by atoms with Crippen molar-refractivity contribution in [1.29, 1.82) is 0 Å². The number of fused-ring (bicyclic) bond motifs is 1. The largest absolute Gasteiger partial charge is 0.378 e. The van der Waals surface area contributed by atoms with Crippen LogP contribution in [-0.4, -0.2) is 39.9 Å². The summed E-state index contributed by atoms with van der Waals surface area (Å²) in [6.45, 7) is 0.580. The number of pyridine rings is 1. The molecule has 0 bridgehead atoms. The number of nitrogens with one attached hydrogen (secondary N) is 2. The zero-order valence-corrected chi connectivity index (χ0v) is 24.3. The first-order valence-corrected chi connectivity index (χ1v) is 14.6. The first-order chi connectivity index (χ1) is 21.1. The maximum absolute atomic E-state index is 13.4. The fourth-order valence-electron chi connectivity index (χ4n) is 4.87. The van der Waals surface area contributed by atoms with Gasteiger partial charge < -0.3 is 14.6 Å². The fourth-order valence-corrected chi connectivity index (χ4v) is 5.78. The summed E-state index contributed by atoms with van der Waals surface area (Å²) in [5, 5.41) is 6.25. The number of thiophene rings is 1. The van der Waals surface area contributed by atoms with Crippen LogP contribution in [0.4, 0.5) is 11.6 Å². The van der Waals surface area contributed by atoms with Gasteiger partial charge in [-0.25, -0.2) is 4.98 Å². The van der Waals surface area contributed by atoms with Gasteiger partial charge in [0.05, 0.1) is 29.0 Å².